The monoisotopic (exact) mass is 179 g/mol. The number of carbonyl (C=O) groups is 1. The average molecular weight is 179 g/mol. The summed E-state index contributed by atoms with van der Waals surface area (Å²) >= 11 is 1.31. The highest BCUT2D eigenvalue weighted by atomic mass is 32.2. The summed E-state index contributed by atoms with van der Waals surface area (Å²) in [6.45, 7) is 0.738. The number of carbonyl (C=O) groups excluding carboxylic acids is 1. The molecule has 3 heteroatoms. The summed E-state index contributed by atoms with van der Waals surface area (Å²) in [6, 6.07) is 8.02. The number of hydrogen-bond acceptors (Lipinski definition) is 2. The fourth-order valence-corrected chi connectivity index (χ4v) is 2.04. The van der Waals surface area contributed by atoms with Gasteiger partial charge in [-0.3, -0.25) is 4.79 Å². The molecule has 0 unspecified atom stereocenters. The summed E-state index contributed by atoms with van der Waals surface area (Å²) in [7, 11) is 1.82. The van der Waals surface area contributed by atoms with Crippen molar-refractivity contribution in [3.8, 4) is 0 Å². The first-order valence-corrected chi connectivity index (χ1v) is 4.60. The smallest absolute Gasteiger partial charge is 0.286 e. The van der Waals surface area contributed by atoms with E-state index in [9.17, 15) is 4.79 Å². The number of rotatable bonds is 0. The lowest BCUT2D eigenvalue weighted by molar-refractivity contribution is 0.230. The van der Waals surface area contributed by atoms with E-state index in [1.54, 1.807) is 4.90 Å². The first kappa shape index (κ1) is 7.68. The maximum Gasteiger partial charge on any atom is 0.286 e. The zero-order valence-corrected chi connectivity index (χ0v) is 7.60. The maximum absolute atomic E-state index is 11.2. The van der Waals surface area contributed by atoms with Gasteiger partial charge >= 0.3 is 0 Å². The highest BCUT2D eigenvalue weighted by Crippen LogP contribution is 2.30. The first-order chi connectivity index (χ1) is 5.77. The van der Waals surface area contributed by atoms with Gasteiger partial charge in [0.05, 0.1) is 0 Å². The zero-order chi connectivity index (χ0) is 8.55. The normalized spacial score (nSPS) is 16.1. The molecule has 1 aliphatic rings. The summed E-state index contributed by atoms with van der Waals surface area (Å²) in [6.07, 6.45) is 0. The molecule has 1 amide bonds. The zero-order valence-electron chi connectivity index (χ0n) is 6.78. The van der Waals surface area contributed by atoms with Crippen LogP contribution in [0.5, 0.6) is 0 Å². The van der Waals surface area contributed by atoms with Crippen molar-refractivity contribution >= 4 is 17.0 Å². The van der Waals surface area contributed by atoms with Crippen LogP contribution < -0.4 is 0 Å². The molecule has 0 aliphatic carbocycles. The van der Waals surface area contributed by atoms with E-state index in [0.717, 1.165) is 11.4 Å². The molecule has 12 heavy (non-hydrogen) atoms. The van der Waals surface area contributed by atoms with Gasteiger partial charge in [-0.15, -0.1) is 0 Å². The summed E-state index contributed by atoms with van der Waals surface area (Å²) in [5, 5.41) is 0.133. The standard InChI is InChI=1S/C9H9NOS/c1-10-6-7-4-2-3-5-8(7)12-9(10)11/h2-5H,6H2,1H3. The van der Waals surface area contributed by atoms with Gasteiger partial charge in [0, 0.05) is 18.5 Å². The van der Waals surface area contributed by atoms with Crippen LogP contribution in [0.2, 0.25) is 0 Å². The van der Waals surface area contributed by atoms with Gasteiger partial charge in [0.25, 0.3) is 5.24 Å². The molecule has 1 aromatic carbocycles. The molecule has 0 atom stereocenters. The number of thioether (sulfide) groups is 1. The highest BCUT2D eigenvalue weighted by Gasteiger charge is 2.19. The molecule has 1 aromatic rings. The van der Waals surface area contributed by atoms with Gasteiger partial charge in [0.15, 0.2) is 0 Å². The van der Waals surface area contributed by atoms with Gasteiger partial charge in [-0.25, -0.2) is 0 Å². The van der Waals surface area contributed by atoms with Gasteiger partial charge in [0.2, 0.25) is 0 Å². The van der Waals surface area contributed by atoms with Crippen molar-refractivity contribution in [3.63, 3.8) is 0 Å². The van der Waals surface area contributed by atoms with Crippen LogP contribution in [0.25, 0.3) is 0 Å². The van der Waals surface area contributed by atoms with Crippen molar-refractivity contribution in [1.82, 2.24) is 4.90 Å². The van der Waals surface area contributed by atoms with E-state index < -0.39 is 0 Å². The van der Waals surface area contributed by atoms with Gasteiger partial charge < -0.3 is 4.90 Å². The lowest BCUT2D eigenvalue weighted by Gasteiger charge is -2.23. The molecule has 2 nitrogen and oxygen atoms in total. The summed E-state index contributed by atoms with van der Waals surface area (Å²) in [5.74, 6) is 0. The largest absolute Gasteiger partial charge is 0.332 e. The molecule has 0 spiro atoms. The molecule has 0 radical (unpaired) electrons. The second kappa shape index (κ2) is 2.83. The van der Waals surface area contributed by atoms with Crippen LogP contribution in [-0.4, -0.2) is 17.2 Å². The molecule has 1 heterocycles. The summed E-state index contributed by atoms with van der Waals surface area (Å²) in [5.41, 5.74) is 1.24. The molecular formula is C9H9NOS. The number of benzene rings is 1. The predicted molar refractivity (Wildman–Crippen MR) is 49.2 cm³/mol. The van der Waals surface area contributed by atoms with Crippen LogP contribution in [0.4, 0.5) is 4.79 Å². The Morgan fingerprint density at radius 2 is 2.17 bits per heavy atom. The van der Waals surface area contributed by atoms with E-state index in [4.69, 9.17) is 0 Å². The predicted octanol–water partition coefficient (Wildman–Crippen LogP) is 2.34. The van der Waals surface area contributed by atoms with E-state index in [1.165, 1.54) is 17.3 Å². The van der Waals surface area contributed by atoms with Gasteiger partial charge in [-0.05, 0) is 23.4 Å². The lowest BCUT2D eigenvalue weighted by Crippen LogP contribution is -2.25. The second-order valence-electron chi connectivity index (χ2n) is 2.83. The Hall–Kier alpha value is -0.960. The third-order valence-corrected chi connectivity index (χ3v) is 2.99. The minimum Gasteiger partial charge on any atom is -0.332 e. The van der Waals surface area contributed by atoms with Gasteiger partial charge in [0.1, 0.15) is 0 Å². The maximum atomic E-state index is 11.2. The highest BCUT2D eigenvalue weighted by molar-refractivity contribution is 8.13. The molecule has 2 rings (SSSR count). The van der Waals surface area contributed by atoms with E-state index in [2.05, 4.69) is 6.07 Å². The lowest BCUT2D eigenvalue weighted by atomic mass is 10.2. The quantitative estimate of drug-likeness (QED) is 0.609. The third-order valence-electron chi connectivity index (χ3n) is 1.89. The number of amides is 1. The Balaban J connectivity index is 2.40. The Labute approximate surface area is 75.6 Å². The first-order valence-electron chi connectivity index (χ1n) is 3.78. The number of fused-ring (bicyclic) bond motifs is 1. The van der Waals surface area contributed by atoms with Crippen molar-refractivity contribution in [2.75, 3.05) is 7.05 Å². The Morgan fingerprint density at radius 1 is 1.42 bits per heavy atom. The molecule has 0 saturated carbocycles. The van der Waals surface area contributed by atoms with E-state index in [0.29, 0.717) is 0 Å². The van der Waals surface area contributed by atoms with Crippen LogP contribution in [0.3, 0.4) is 0 Å². The summed E-state index contributed by atoms with van der Waals surface area (Å²) < 4.78 is 0. The SMILES string of the molecule is CN1Cc2ccccc2SC1=O. The molecule has 0 bridgehead atoms. The topological polar surface area (TPSA) is 20.3 Å². The minimum absolute atomic E-state index is 0.133. The summed E-state index contributed by atoms with van der Waals surface area (Å²) in [4.78, 5) is 14.1. The number of hydrogen-bond donors (Lipinski definition) is 0. The van der Waals surface area contributed by atoms with Crippen molar-refractivity contribution in [2.45, 2.75) is 11.4 Å². The van der Waals surface area contributed by atoms with Crippen LogP contribution in [0.1, 0.15) is 5.56 Å². The van der Waals surface area contributed by atoms with Crippen molar-refractivity contribution in [2.24, 2.45) is 0 Å². The van der Waals surface area contributed by atoms with E-state index >= 15 is 0 Å². The number of nitrogens with zero attached hydrogens (tertiary/aromatic N) is 1. The van der Waals surface area contributed by atoms with Crippen LogP contribution in [0.15, 0.2) is 29.2 Å². The Morgan fingerprint density at radius 3 is 3.00 bits per heavy atom. The molecular weight excluding hydrogens is 170 g/mol. The molecule has 0 saturated heterocycles. The third kappa shape index (κ3) is 1.20. The van der Waals surface area contributed by atoms with E-state index in [1.807, 2.05) is 25.2 Å². The molecule has 62 valence electrons. The van der Waals surface area contributed by atoms with Crippen molar-refractivity contribution in [1.29, 1.82) is 0 Å². The molecule has 1 aliphatic heterocycles. The Bertz CT molecular complexity index is 324. The Kier molecular flexibility index (Phi) is 1.81. The second-order valence-corrected chi connectivity index (χ2v) is 3.82. The fourth-order valence-electron chi connectivity index (χ4n) is 1.23. The molecule has 0 N–H and O–H groups in total. The minimum atomic E-state index is 0.133. The van der Waals surface area contributed by atoms with Crippen LogP contribution >= 0.6 is 11.8 Å². The molecule has 0 aromatic heterocycles. The molecule has 0 fully saturated rings. The van der Waals surface area contributed by atoms with Crippen LogP contribution in [-0.2, 0) is 6.54 Å². The van der Waals surface area contributed by atoms with Gasteiger partial charge in [-0.2, -0.15) is 0 Å². The van der Waals surface area contributed by atoms with Crippen molar-refractivity contribution < 1.29 is 4.79 Å². The fraction of sp³-hybridized carbons (Fsp3) is 0.222. The van der Waals surface area contributed by atoms with Gasteiger partial charge in [-0.1, -0.05) is 18.2 Å². The van der Waals surface area contributed by atoms with Crippen molar-refractivity contribution in [3.05, 3.63) is 29.8 Å². The average Bonchev–Trinajstić information content (AvgIpc) is 2.07. The van der Waals surface area contributed by atoms with E-state index in [-0.39, 0.29) is 5.24 Å². The van der Waals surface area contributed by atoms with Crippen LogP contribution in [0, 0.1) is 0 Å².